The van der Waals surface area contributed by atoms with Crippen LogP contribution in [-0.4, -0.2) is 25.1 Å². The third kappa shape index (κ3) is 3.48. The summed E-state index contributed by atoms with van der Waals surface area (Å²) in [4.78, 5) is 31.9. The largest absolute Gasteiger partial charge is 0.344 e. The number of para-hydroxylation sites is 1. The molecule has 0 fully saturated rings. The Balaban J connectivity index is 1.52. The van der Waals surface area contributed by atoms with Crippen LogP contribution >= 0.6 is 12.1 Å². The van der Waals surface area contributed by atoms with Crippen molar-refractivity contribution in [3.8, 4) is 18.0 Å². The second-order valence-corrected chi connectivity index (χ2v) is 9.15. The van der Waals surface area contributed by atoms with Crippen molar-refractivity contribution in [2.75, 3.05) is 4.72 Å². The van der Waals surface area contributed by atoms with Crippen molar-refractivity contribution in [1.82, 2.24) is 24.5 Å². The number of aromatic nitrogens is 4. The zero-order valence-corrected chi connectivity index (χ0v) is 20.5. The Morgan fingerprint density at radius 2 is 2.00 bits per heavy atom. The zero-order valence-electron chi connectivity index (χ0n) is 19.7. The number of rotatable bonds is 6. The van der Waals surface area contributed by atoms with E-state index in [4.69, 9.17) is 11.6 Å². The number of carbonyl (C=O) groups excluding carboxylic acids is 1. The number of amides is 1. The molecule has 4 N–H and O–H groups in total. The lowest BCUT2D eigenvalue weighted by Gasteiger charge is -2.30. The van der Waals surface area contributed by atoms with E-state index in [2.05, 4.69) is 26.0 Å². The summed E-state index contributed by atoms with van der Waals surface area (Å²) in [6.07, 6.45) is 9.73. The maximum Gasteiger partial charge on any atom is 0.264 e. The van der Waals surface area contributed by atoms with Gasteiger partial charge < -0.3 is 5.32 Å². The van der Waals surface area contributed by atoms with Gasteiger partial charge in [-0.15, -0.1) is 11.5 Å². The topological polar surface area (TPSA) is 119 Å². The first-order chi connectivity index (χ1) is 18.0. The fraction of sp³-hybridized carbons (Fsp3) is 0.111. The minimum atomic E-state index is -0.528. The summed E-state index contributed by atoms with van der Waals surface area (Å²) in [6, 6.07) is 14.3. The number of benzene rings is 2. The lowest BCUT2D eigenvalue weighted by Crippen LogP contribution is -2.35. The number of pyridine rings is 1. The first kappa shape index (κ1) is 22.8. The zero-order chi connectivity index (χ0) is 25.7. The fourth-order valence-electron chi connectivity index (χ4n) is 5.08. The highest BCUT2D eigenvalue weighted by Crippen LogP contribution is 2.39. The highest BCUT2D eigenvalue weighted by atomic mass is 32.2. The first-order valence-electron chi connectivity index (χ1n) is 11.5. The molecule has 2 aromatic carbocycles. The summed E-state index contributed by atoms with van der Waals surface area (Å²) in [5, 5.41) is 14.5. The van der Waals surface area contributed by atoms with Crippen molar-refractivity contribution in [2.45, 2.75) is 19.4 Å². The molecule has 9 nitrogen and oxygen atoms in total. The van der Waals surface area contributed by atoms with E-state index in [0.29, 0.717) is 40.2 Å². The summed E-state index contributed by atoms with van der Waals surface area (Å²) in [5.74, 6) is 2.56. The Hall–Kier alpha value is -4.59. The number of nitrogens with two attached hydrogens (primary N) is 1. The second kappa shape index (κ2) is 8.81. The average Bonchev–Trinajstić information content (AvgIpc) is 3.26. The number of anilines is 1. The van der Waals surface area contributed by atoms with Crippen molar-refractivity contribution in [2.24, 2.45) is 5.14 Å². The van der Waals surface area contributed by atoms with Crippen LogP contribution in [-0.2, 0) is 6.42 Å². The van der Waals surface area contributed by atoms with Crippen molar-refractivity contribution < 1.29 is 4.79 Å². The Labute approximate surface area is 216 Å². The maximum absolute atomic E-state index is 13.9. The third-order valence-electron chi connectivity index (χ3n) is 6.63. The van der Waals surface area contributed by atoms with Crippen LogP contribution < -0.4 is 20.7 Å². The molecule has 0 radical (unpaired) electrons. The van der Waals surface area contributed by atoms with Gasteiger partial charge in [-0.05, 0) is 47.7 Å². The molecule has 3 heterocycles. The van der Waals surface area contributed by atoms with E-state index in [0.717, 1.165) is 28.6 Å². The summed E-state index contributed by atoms with van der Waals surface area (Å²) in [5.41, 5.74) is 4.46. The predicted molar refractivity (Wildman–Crippen MR) is 145 cm³/mol. The fourth-order valence-corrected chi connectivity index (χ4v) is 5.33. The van der Waals surface area contributed by atoms with Crippen LogP contribution in [0.5, 0.6) is 0 Å². The molecule has 1 atom stereocenters. The van der Waals surface area contributed by atoms with E-state index in [9.17, 15) is 9.59 Å². The normalized spacial score (nSPS) is 12.7. The molecule has 6 rings (SSSR count). The van der Waals surface area contributed by atoms with Crippen LogP contribution in [0.4, 0.5) is 5.82 Å². The van der Waals surface area contributed by atoms with Gasteiger partial charge in [0.15, 0.2) is 11.5 Å². The summed E-state index contributed by atoms with van der Waals surface area (Å²) in [7, 11) is 0. The second-order valence-electron chi connectivity index (χ2n) is 8.71. The number of nitrogens with zero attached hydrogens (tertiary/aromatic N) is 4. The average molecular weight is 508 g/mol. The molecular formula is C27H21N7O2S. The van der Waals surface area contributed by atoms with Gasteiger partial charge in [-0.1, -0.05) is 30.2 Å². The SMILES string of the molecule is C#Cc1ccc2c3c(c([C@@H](C)NC(=O)c4c(NSN)nn5cccnc45)n(-c4ccccc4)c(=O)c13)C2. The van der Waals surface area contributed by atoms with Crippen LogP contribution in [0.25, 0.3) is 22.1 Å². The standard InChI is InChI=1S/C27H21N7O2S/c1-3-16-10-11-17-14-19-20(17)21(16)27(36)34(18-8-5-4-6-9-18)23(19)15(2)30-26(35)22-24(32-37-28)31-33-13-7-12-29-25(22)33/h1,4-13,15H,14,28H2,2H3,(H,30,35)(H,31,32)/t15-/m1/s1. The van der Waals surface area contributed by atoms with E-state index in [-0.39, 0.29) is 11.1 Å². The molecule has 0 saturated carbocycles. The molecule has 1 aliphatic carbocycles. The van der Waals surface area contributed by atoms with E-state index < -0.39 is 11.9 Å². The smallest absolute Gasteiger partial charge is 0.264 e. The molecule has 10 heteroatoms. The molecule has 0 unspecified atom stereocenters. The number of terminal acetylenes is 1. The molecule has 5 aromatic rings. The molecule has 0 bridgehead atoms. The van der Waals surface area contributed by atoms with Gasteiger partial charge in [0.1, 0.15) is 5.56 Å². The lowest BCUT2D eigenvalue weighted by atomic mass is 9.81. The third-order valence-corrected chi connectivity index (χ3v) is 6.94. The van der Waals surface area contributed by atoms with Gasteiger partial charge in [0.05, 0.1) is 17.1 Å². The van der Waals surface area contributed by atoms with Crippen molar-refractivity contribution in [3.63, 3.8) is 0 Å². The molecule has 3 aromatic heterocycles. The van der Waals surface area contributed by atoms with Gasteiger partial charge in [0, 0.05) is 42.2 Å². The van der Waals surface area contributed by atoms with Crippen molar-refractivity contribution in [3.05, 3.63) is 99.2 Å². The van der Waals surface area contributed by atoms with Crippen LogP contribution in [0.2, 0.25) is 0 Å². The summed E-state index contributed by atoms with van der Waals surface area (Å²) in [6.45, 7) is 1.86. The predicted octanol–water partition coefficient (Wildman–Crippen LogP) is 3.34. The Bertz CT molecular complexity index is 1820. The highest BCUT2D eigenvalue weighted by molar-refractivity contribution is 7.98. The number of nitrogens with one attached hydrogen (secondary N) is 2. The Kier molecular flexibility index (Phi) is 5.44. The van der Waals surface area contributed by atoms with Gasteiger partial charge in [0.2, 0.25) is 0 Å². The van der Waals surface area contributed by atoms with E-state index in [1.165, 1.54) is 4.52 Å². The molecule has 1 amide bonds. The van der Waals surface area contributed by atoms with Crippen LogP contribution in [0.1, 0.15) is 45.7 Å². The summed E-state index contributed by atoms with van der Waals surface area (Å²) < 4.78 is 6.02. The van der Waals surface area contributed by atoms with Gasteiger partial charge in [0.25, 0.3) is 11.5 Å². The summed E-state index contributed by atoms with van der Waals surface area (Å²) >= 11 is 0.838. The van der Waals surface area contributed by atoms with Crippen LogP contribution in [0.15, 0.2) is 65.7 Å². The van der Waals surface area contributed by atoms with Gasteiger partial charge in [-0.3, -0.25) is 24.0 Å². The molecule has 0 saturated heterocycles. The van der Waals surface area contributed by atoms with E-state index >= 15 is 0 Å². The maximum atomic E-state index is 13.9. The number of fused-ring (bicyclic) bond motifs is 1. The number of hydrogen-bond donors (Lipinski definition) is 3. The Morgan fingerprint density at radius 1 is 1.19 bits per heavy atom. The molecule has 182 valence electrons. The first-order valence-corrected chi connectivity index (χ1v) is 12.4. The molecular weight excluding hydrogens is 486 g/mol. The molecule has 37 heavy (non-hydrogen) atoms. The lowest BCUT2D eigenvalue weighted by molar-refractivity contribution is 0.0941. The number of carbonyl (C=O) groups is 1. The minimum absolute atomic E-state index is 0.213. The minimum Gasteiger partial charge on any atom is -0.344 e. The highest BCUT2D eigenvalue weighted by Gasteiger charge is 2.31. The quantitative estimate of drug-likeness (QED) is 0.234. The molecule has 0 spiro atoms. The van der Waals surface area contributed by atoms with E-state index in [1.807, 2.05) is 49.4 Å². The van der Waals surface area contributed by atoms with Crippen LogP contribution in [0.3, 0.4) is 0 Å². The van der Waals surface area contributed by atoms with Crippen molar-refractivity contribution in [1.29, 1.82) is 0 Å². The molecule has 1 aliphatic rings. The van der Waals surface area contributed by atoms with Gasteiger partial charge >= 0.3 is 0 Å². The Morgan fingerprint density at radius 3 is 2.76 bits per heavy atom. The van der Waals surface area contributed by atoms with Gasteiger partial charge in [-0.2, -0.15) is 0 Å². The van der Waals surface area contributed by atoms with E-state index in [1.54, 1.807) is 23.0 Å². The molecule has 0 aliphatic heterocycles. The van der Waals surface area contributed by atoms with Gasteiger partial charge in [-0.25, -0.2) is 9.50 Å². The monoisotopic (exact) mass is 507 g/mol. The number of hydrogen-bond acceptors (Lipinski definition) is 7. The van der Waals surface area contributed by atoms with Crippen molar-refractivity contribution >= 4 is 40.3 Å². The van der Waals surface area contributed by atoms with Crippen LogP contribution in [0, 0.1) is 12.3 Å².